The van der Waals surface area contributed by atoms with Crippen molar-refractivity contribution >= 4 is 19.7 Å². The fourth-order valence-electron chi connectivity index (χ4n) is 8.75. The van der Waals surface area contributed by atoms with E-state index in [2.05, 4.69) is 74.7 Å². The fourth-order valence-corrected chi connectivity index (χ4v) is 9.48. The van der Waals surface area contributed by atoms with E-state index >= 15 is 0 Å². The highest BCUT2D eigenvalue weighted by molar-refractivity contribution is 7.45. The molecular formula is C63H117N2O7P. The molecule has 0 aliphatic carbocycles. The van der Waals surface area contributed by atoms with Gasteiger partial charge in [0.15, 0.2) is 0 Å². The number of nitrogens with one attached hydrogen (secondary N) is 1. The van der Waals surface area contributed by atoms with Crippen LogP contribution in [0.4, 0.5) is 0 Å². The Kier molecular flexibility index (Phi) is 51.5. The summed E-state index contributed by atoms with van der Waals surface area (Å²) < 4.78 is 30.3. The maximum absolute atomic E-state index is 13.5. The molecule has 0 aliphatic rings. The van der Waals surface area contributed by atoms with Crippen LogP contribution in [-0.4, -0.2) is 69.4 Å². The van der Waals surface area contributed by atoms with Crippen LogP contribution in [0.25, 0.3) is 0 Å². The van der Waals surface area contributed by atoms with Gasteiger partial charge in [-0.3, -0.25) is 14.2 Å². The monoisotopic (exact) mass is 1040 g/mol. The quantitative estimate of drug-likeness (QED) is 0.0161. The molecule has 10 heteroatoms. The minimum absolute atomic E-state index is 0.0259. The molecule has 0 bridgehead atoms. The Morgan fingerprint density at radius 1 is 0.493 bits per heavy atom. The third-order valence-corrected chi connectivity index (χ3v) is 14.5. The van der Waals surface area contributed by atoms with E-state index < -0.39 is 26.6 Å². The Labute approximate surface area is 451 Å². The van der Waals surface area contributed by atoms with Crippen molar-refractivity contribution < 1.29 is 37.3 Å². The van der Waals surface area contributed by atoms with Crippen LogP contribution in [0.15, 0.2) is 60.8 Å². The van der Waals surface area contributed by atoms with Crippen molar-refractivity contribution in [2.75, 3.05) is 40.9 Å². The largest absolute Gasteiger partial charge is 0.756 e. The number of hydrogen-bond acceptors (Lipinski definition) is 7. The van der Waals surface area contributed by atoms with Crippen molar-refractivity contribution in [1.82, 2.24) is 5.32 Å². The van der Waals surface area contributed by atoms with Gasteiger partial charge in [0.2, 0.25) is 5.91 Å². The summed E-state index contributed by atoms with van der Waals surface area (Å²) in [6.07, 6.45) is 66.2. The molecule has 0 aromatic rings. The summed E-state index contributed by atoms with van der Waals surface area (Å²) in [5.41, 5.74) is 0. The zero-order chi connectivity index (χ0) is 53.6. The zero-order valence-electron chi connectivity index (χ0n) is 48.6. The number of esters is 1. The number of allylic oxidation sites excluding steroid dienone is 9. The van der Waals surface area contributed by atoms with Gasteiger partial charge in [0.05, 0.1) is 33.8 Å². The van der Waals surface area contributed by atoms with Crippen molar-refractivity contribution in [3.63, 3.8) is 0 Å². The smallest absolute Gasteiger partial charge is 0.306 e. The van der Waals surface area contributed by atoms with Crippen LogP contribution >= 0.6 is 7.82 Å². The highest BCUT2D eigenvalue weighted by atomic mass is 31.2. The van der Waals surface area contributed by atoms with E-state index in [0.717, 1.165) is 77.0 Å². The summed E-state index contributed by atoms with van der Waals surface area (Å²) in [5.74, 6) is -0.552. The fraction of sp³-hybridized carbons (Fsp3) is 0.810. The van der Waals surface area contributed by atoms with Gasteiger partial charge in [-0.15, -0.1) is 0 Å². The number of rotatable bonds is 55. The Hall–Kier alpha value is -2.29. The maximum Gasteiger partial charge on any atom is 0.306 e. The number of likely N-dealkylation sites (N-methyl/N-ethyl adjacent to an activating group) is 1. The van der Waals surface area contributed by atoms with Gasteiger partial charge in [0.25, 0.3) is 7.82 Å². The number of phosphoric ester groups is 1. The first kappa shape index (κ1) is 70.7. The number of carbonyl (C=O) groups excluding carboxylic acids is 2. The lowest BCUT2D eigenvalue weighted by Gasteiger charge is -2.30. The predicted octanol–water partition coefficient (Wildman–Crippen LogP) is 18.0. The number of hydrogen-bond donors (Lipinski definition) is 1. The second-order valence-electron chi connectivity index (χ2n) is 21.9. The summed E-state index contributed by atoms with van der Waals surface area (Å²) in [7, 11) is 1.18. The van der Waals surface area contributed by atoms with Crippen molar-refractivity contribution in [1.29, 1.82) is 0 Å². The average molecular weight is 1050 g/mol. The van der Waals surface area contributed by atoms with Gasteiger partial charge >= 0.3 is 5.97 Å². The van der Waals surface area contributed by atoms with E-state index in [4.69, 9.17) is 13.8 Å². The number of unbranched alkanes of at least 4 members (excludes halogenated alkanes) is 33. The van der Waals surface area contributed by atoms with Crippen molar-refractivity contribution in [3.8, 4) is 0 Å². The molecule has 0 rings (SSSR count). The summed E-state index contributed by atoms with van der Waals surface area (Å²) in [6, 6.07) is -0.894. The van der Waals surface area contributed by atoms with Gasteiger partial charge in [-0.1, -0.05) is 249 Å². The van der Waals surface area contributed by atoms with Crippen LogP contribution in [0, 0.1) is 0 Å². The van der Waals surface area contributed by atoms with Crippen LogP contribution in [-0.2, 0) is 27.9 Å². The Balaban J connectivity index is 5.19. The first-order valence-electron chi connectivity index (χ1n) is 30.6. The van der Waals surface area contributed by atoms with Crippen LogP contribution < -0.4 is 10.2 Å². The van der Waals surface area contributed by atoms with Crippen LogP contribution in [0.5, 0.6) is 0 Å². The topological polar surface area (TPSA) is 114 Å². The standard InChI is InChI=1S/C63H117N2O7P/c1-7-10-13-16-19-22-25-27-29-30-31-32-33-34-36-38-41-44-47-50-53-56-63(67)72-61(54-51-48-45-42-39-24-21-18-15-12-9-3)60(59-71-73(68,69)70-58-57-65(4,5)6)64-62(66)55-52-49-46-43-40-37-35-28-26-23-20-17-14-11-8-2/h11,14,17,20,23,26-27,29,51,54,60-61H,7-10,12-13,15-16,18-19,21-22,24-25,28,30-50,52-53,55-59H2,1-6H3,(H-,64,66,68,69)/b14-11+,20-17+,26-23+,29-27+,54-51-. The minimum atomic E-state index is -4.70. The number of nitrogens with zero attached hydrogens (tertiary/aromatic N) is 1. The zero-order valence-corrected chi connectivity index (χ0v) is 49.5. The molecule has 0 spiro atoms. The summed E-state index contributed by atoms with van der Waals surface area (Å²) in [6.45, 7) is 6.71. The molecule has 0 saturated carbocycles. The molecule has 0 aliphatic heterocycles. The molecule has 73 heavy (non-hydrogen) atoms. The van der Waals surface area contributed by atoms with Crippen LogP contribution in [0.2, 0.25) is 0 Å². The summed E-state index contributed by atoms with van der Waals surface area (Å²) in [4.78, 5) is 39.9. The Bertz CT molecular complexity index is 1440. The first-order valence-corrected chi connectivity index (χ1v) is 32.1. The normalized spacial score (nSPS) is 14.1. The highest BCUT2D eigenvalue weighted by Crippen LogP contribution is 2.38. The third kappa shape index (κ3) is 54.3. The summed E-state index contributed by atoms with van der Waals surface area (Å²) >= 11 is 0. The summed E-state index contributed by atoms with van der Waals surface area (Å²) in [5, 5.41) is 3.02. The Morgan fingerprint density at radius 2 is 0.890 bits per heavy atom. The molecule has 0 radical (unpaired) electrons. The maximum atomic E-state index is 13.5. The van der Waals surface area contributed by atoms with Gasteiger partial charge in [-0.05, 0) is 76.7 Å². The van der Waals surface area contributed by atoms with Crippen molar-refractivity contribution in [2.45, 2.75) is 290 Å². The number of phosphoric acid groups is 1. The van der Waals surface area contributed by atoms with E-state index in [1.807, 2.05) is 33.3 Å². The van der Waals surface area contributed by atoms with E-state index in [9.17, 15) is 19.0 Å². The second-order valence-corrected chi connectivity index (χ2v) is 23.3. The number of quaternary nitrogens is 1. The molecule has 0 fully saturated rings. The molecular weight excluding hydrogens is 928 g/mol. The van der Waals surface area contributed by atoms with E-state index in [1.165, 1.54) is 167 Å². The lowest BCUT2D eigenvalue weighted by molar-refractivity contribution is -0.870. The molecule has 426 valence electrons. The molecule has 0 aromatic carbocycles. The average Bonchev–Trinajstić information content (AvgIpc) is 3.35. The Morgan fingerprint density at radius 3 is 1.34 bits per heavy atom. The SMILES string of the molecule is CC/C=C/C=C/C=C/CCCCCCCCCC(=O)NC(COP(=O)([O-])OCC[N+](C)(C)C)C(/C=C\CCCCCCCCCCC)OC(=O)CCCCCCCCCCCCC/C=C/CCCCCCCC. The van der Waals surface area contributed by atoms with Crippen LogP contribution in [0.3, 0.4) is 0 Å². The molecule has 3 atom stereocenters. The lowest BCUT2D eigenvalue weighted by Crippen LogP contribution is -2.47. The molecule has 0 aromatic heterocycles. The molecule has 0 heterocycles. The highest BCUT2D eigenvalue weighted by Gasteiger charge is 2.27. The van der Waals surface area contributed by atoms with Gasteiger partial charge in [0, 0.05) is 12.8 Å². The molecule has 1 amide bonds. The van der Waals surface area contributed by atoms with Crippen molar-refractivity contribution in [2.24, 2.45) is 0 Å². The molecule has 1 N–H and O–H groups in total. The van der Waals surface area contributed by atoms with Gasteiger partial charge < -0.3 is 28.5 Å². The minimum Gasteiger partial charge on any atom is -0.756 e. The predicted molar refractivity (Wildman–Crippen MR) is 312 cm³/mol. The van der Waals surface area contributed by atoms with Crippen LogP contribution in [0.1, 0.15) is 278 Å². The third-order valence-electron chi connectivity index (χ3n) is 13.5. The first-order chi connectivity index (χ1) is 35.4. The molecule has 3 unspecified atom stereocenters. The molecule has 9 nitrogen and oxygen atoms in total. The number of ether oxygens (including phenoxy) is 1. The van der Waals surface area contributed by atoms with E-state index in [-0.39, 0.29) is 24.9 Å². The second kappa shape index (κ2) is 53.1. The molecule has 0 saturated heterocycles. The van der Waals surface area contributed by atoms with Gasteiger partial charge in [-0.25, -0.2) is 0 Å². The van der Waals surface area contributed by atoms with Crippen molar-refractivity contribution in [3.05, 3.63) is 60.8 Å². The number of carbonyl (C=O) groups is 2. The lowest BCUT2D eigenvalue weighted by atomic mass is 10.0. The van der Waals surface area contributed by atoms with E-state index in [1.54, 1.807) is 0 Å². The number of amides is 1. The van der Waals surface area contributed by atoms with E-state index in [0.29, 0.717) is 17.4 Å². The van der Waals surface area contributed by atoms with Gasteiger partial charge in [-0.2, -0.15) is 0 Å². The van der Waals surface area contributed by atoms with Gasteiger partial charge in [0.1, 0.15) is 19.3 Å².